The van der Waals surface area contributed by atoms with Crippen LogP contribution in [-0.4, -0.2) is 39.7 Å². The third-order valence-corrected chi connectivity index (χ3v) is 5.67. The molecule has 3 N–H and O–H groups in total. The number of carbonyl (C=O) groups is 2. The van der Waals surface area contributed by atoms with Gasteiger partial charge in [-0.1, -0.05) is 12.1 Å². The molecule has 140 valence electrons. The zero-order valence-electron chi connectivity index (χ0n) is 13.6. The molecule has 0 aliphatic rings. The van der Waals surface area contributed by atoms with E-state index >= 15 is 0 Å². The van der Waals surface area contributed by atoms with Gasteiger partial charge in [0.2, 0.25) is 10.4 Å². The smallest absolute Gasteiger partial charge is 0.357 e. The number of hydrogen-bond acceptors (Lipinski definition) is 5. The minimum Gasteiger partial charge on any atom is -0.726 e. The van der Waals surface area contributed by atoms with E-state index in [9.17, 15) is 9.59 Å². The summed E-state index contributed by atoms with van der Waals surface area (Å²) >= 11 is -0.608. The Morgan fingerprint density at radius 2 is 1.19 bits per heavy atom. The lowest BCUT2D eigenvalue weighted by Gasteiger charge is -2.00. The van der Waals surface area contributed by atoms with Crippen LogP contribution >= 0.6 is 0 Å². The van der Waals surface area contributed by atoms with E-state index in [1.54, 1.807) is 38.1 Å². The van der Waals surface area contributed by atoms with Gasteiger partial charge in [0.1, 0.15) is 0 Å². The van der Waals surface area contributed by atoms with Gasteiger partial charge in [-0.3, -0.25) is 4.55 Å². The van der Waals surface area contributed by atoms with Crippen LogP contribution in [-0.2, 0) is 10.4 Å². The van der Waals surface area contributed by atoms with Crippen molar-refractivity contribution in [1.82, 2.24) is 0 Å². The summed E-state index contributed by atoms with van der Waals surface area (Å²) in [4.78, 5) is 22.3. The number of aryl methyl sites for hydroxylation is 2. The number of hydrogen-bond donors (Lipinski definition) is 3. The Morgan fingerprint density at radius 3 is 1.46 bits per heavy atom. The number of aromatic carboxylic acids is 2. The average molecular weight is 494 g/mol. The van der Waals surface area contributed by atoms with Gasteiger partial charge in [-0.15, -0.1) is 0 Å². The Bertz CT molecular complexity index is 868. The maximum atomic E-state index is 11.1. The summed E-state index contributed by atoms with van der Waals surface area (Å²) in [5.41, 5.74) is 2.06. The van der Waals surface area contributed by atoms with E-state index in [4.69, 9.17) is 27.7 Å². The molecule has 2 rings (SSSR count). The van der Waals surface area contributed by atoms with Crippen LogP contribution < -0.4 is 21.2 Å². The van der Waals surface area contributed by atoms with Gasteiger partial charge in [-0.25, -0.2) is 18.0 Å². The fourth-order valence-corrected chi connectivity index (χ4v) is 4.27. The normalized spacial score (nSPS) is 10.6. The molecule has 2 aromatic carbocycles. The molecule has 0 heterocycles. The Balaban J connectivity index is 0.000000597. The quantitative estimate of drug-likeness (QED) is 0.273. The monoisotopic (exact) mass is 494 g/mol. The summed E-state index contributed by atoms with van der Waals surface area (Å²) in [6.45, 7) is 3.53. The Labute approximate surface area is 160 Å². The van der Waals surface area contributed by atoms with Crippen molar-refractivity contribution in [1.29, 1.82) is 0 Å². The van der Waals surface area contributed by atoms with Crippen LogP contribution in [0.1, 0.15) is 31.8 Å². The molecule has 0 bridgehead atoms. The molecule has 0 aromatic heterocycles. The highest BCUT2D eigenvalue weighted by Crippen LogP contribution is 2.08. The maximum absolute atomic E-state index is 11.1. The Morgan fingerprint density at radius 1 is 0.885 bits per heavy atom. The molecule has 26 heavy (non-hydrogen) atoms. The summed E-state index contributed by atoms with van der Waals surface area (Å²) < 4.78 is 34.7. The molecule has 0 saturated heterocycles. The van der Waals surface area contributed by atoms with Crippen molar-refractivity contribution in [3.05, 3.63) is 65.8 Å². The maximum Gasteiger partial charge on any atom is 0.357 e. The van der Waals surface area contributed by atoms with Gasteiger partial charge in [0.05, 0.1) is 11.1 Å². The van der Waals surface area contributed by atoms with E-state index in [1.165, 1.54) is 0 Å². The second kappa shape index (κ2) is 9.07. The molecule has 0 aliphatic carbocycles. The van der Waals surface area contributed by atoms with Gasteiger partial charge in [0.25, 0.3) is 0 Å². The fraction of sp³-hybridized carbons (Fsp3) is 0.125. The van der Waals surface area contributed by atoms with Crippen LogP contribution in [0.5, 0.6) is 0 Å². The molecule has 0 aliphatic heterocycles. The Hall–Kier alpha value is -2.02. The lowest BCUT2D eigenvalue weighted by atomic mass is 10.1. The summed E-state index contributed by atoms with van der Waals surface area (Å²) in [5, 5.41) is 18.3. The van der Waals surface area contributed by atoms with Gasteiger partial charge in [-0.05, 0) is 37.1 Å². The third-order valence-electron chi connectivity index (χ3n) is 3.08. The highest BCUT2D eigenvalue weighted by Gasteiger charge is 2.21. The minimum absolute atomic E-state index is 0.303. The van der Waals surface area contributed by atoms with Crippen LogP contribution in [0.4, 0.5) is 0 Å². The van der Waals surface area contributed by atoms with E-state index in [1.807, 2.05) is 12.1 Å². The van der Waals surface area contributed by atoms with Gasteiger partial charge in [0.15, 0.2) is 7.14 Å². The van der Waals surface area contributed by atoms with Gasteiger partial charge in [0, 0.05) is 12.1 Å². The number of benzene rings is 2. The molecule has 8 nitrogen and oxygen atoms in total. The van der Waals surface area contributed by atoms with Gasteiger partial charge < -0.3 is 14.8 Å². The molecule has 2 aromatic rings. The van der Waals surface area contributed by atoms with Crippen LogP contribution in [0.25, 0.3) is 0 Å². The van der Waals surface area contributed by atoms with E-state index in [0.29, 0.717) is 11.1 Å². The second-order valence-corrected chi connectivity index (χ2v) is 8.94. The van der Waals surface area contributed by atoms with Gasteiger partial charge >= 0.3 is 33.1 Å². The van der Waals surface area contributed by atoms with Crippen molar-refractivity contribution >= 4 is 22.3 Å². The Kier molecular flexibility index (Phi) is 7.68. The first-order valence-electron chi connectivity index (χ1n) is 6.89. The van der Waals surface area contributed by atoms with Crippen LogP contribution in [0.15, 0.2) is 36.4 Å². The van der Waals surface area contributed by atoms with Gasteiger partial charge in [-0.2, -0.15) is 0 Å². The summed E-state index contributed by atoms with van der Waals surface area (Å²) in [5.74, 6) is -1.87. The van der Waals surface area contributed by atoms with Crippen LogP contribution in [0.2, 0.25) is 0 Å². The van der Waals surface area contributed by atoms with Crippen LogP contribution in [0, 0.1) is 21.0 Å². The molecule has 0 radical (unpaired) electrons. The summed E-state index contributed by atoms with van der Waals surface area (Å²) in [6.07, 6.45) is 0. The molecule has 0 saturated carbocycles. The van der Waals surface area contributed by atoms with E-state index in [0.717, 1.165) is 18.3 Å². The van der Waals surface area contributed by atoms with Crippen molar-refractivity contribution in [2.24, 2.45) is 0 Å². The second-order valence-electron chi connectivity index (χ2n) is 5.05. The number of rotatable bonds is 4. The highest BCUT2D eigenvalue weighted by molar-refractivity contribution is 7.79. The predicted molar refractivity (Wildman–Crippen MR) is 86.0 cm³/mol. The summed E-state index contributed by atoms with van der Waals surface area (Å²) in [6, 6.07) is 10.8. The first kappa shape index (κ1) is 22.0. The molecule has 0 unspecified atom stereocenters. The minimum atomic E-state index is -4.92. The molecule has 0 atom stereocenters. The highest BCUT2D eigenvalue weighted by atomic mass is 127. The van der Waals surface area contributed by atoms with Crippen molar-refractivity contribution in [2.45, 2.75) is 13.8 Å². The molecule has 0 amide bonds. The standard InChI is InChI=1S/C16H13IO4.H2O4S/c1-9-3-5-11(7-13(9)15(18)19)17-12-6-4-10(2)14(8-12)16(20)21;1-5(2,3)4/h3-8H,1-2H3,(H-,18,19,20,21);(H2,1,2,3,4). The zero-order chi connectivity index (χ0) is 20.1. The largest absolute Gasteiger partial charge is 0.726 e. The number of carboxylic acids is 2. The molecule has 0 spiro atoms. The average Bonchev–Trinajstić information content (AvgIpc) is 2.49. The lowest BCUT2D eigenvalue weighted by molar-refractivity contribution is -0.597. The van der Waals surface area contributed by atoms with E-state index in [2.05, 4.69) is 0 Å². The van der Waals surface area contributed by atoms with E-state index < -0.39 is 43.5 Å². The van der Waals surface area contributed by atoms with Crippen molar-refractivity contribution in [2.75, 3.05) is 0 Å². The third kappa shape index (κ3) is 7.47. The number of carboxylic acid groups (broad SMARTS) is 2. The molecular formula is C16H15IO8S. The number of halogens is 1. The first-order valence-corrected chi connectivity index (χ1v) is 10.4. The fourth-order valence-electron chi connectivity index (χ4n) is 1.89. The predicted octanol–water partition coefficient (Wildman–Crippen LogP) is -1.17. The van der Waals surface area contributed by atoms with Crippen molar-refractivity contribution in [3.8, 4) is 0 Å². The van der Waals surface area contributed by atoms with Crippen molar-refractivity contribution < 1.29 is 58.5 Å². The zero-order valence-corrected chi connectivity index (χ0v) is 16.6. The SMILES string of the molecule is Cc1ccc([I+]c2ccc(C)c(C(=O)O)c2)cc1C(=O)O.O=S(=O)([O-])O. The molecular weight excluding hydrogens is 479 g/mol. The topological polar surface area (TPSA) is 152 Å². The van der Waals surface area contributed by atoms with Crippen molar-refractivity contribution in [3.63, 3.8) is 0 Å². The lowest BCUT2D eigenvalue weighted by Crippen LogP contribution is -3.61. The molecule has 0 fully saturated rings. The van der Waals surface area contributed by atoms with Crippen LogP contribution in [0.3, 0.4) is 0 Å². The first-order chi connectivity index (χ1) is 11.9. The summed E-state index contributed by atoms with van der Waals surface area (Å²) in [7, 11) is -4.92. The van der Waals surface area contributed by atoms with E-state index in [-0.39, 0.29) is 0 Å². The molecule has 10 heteroatoms.